The number of hydrogen-bond donors (Lipinski definition) is 0. The Labute approximate surface area is 139 Å². The third-order valence-corrected chi connectivity index (χ3v) is 6.21. The minimum atomic E-state index is -3.31. The molecule has 23 heavy (non-hydrogen) atoms. The predicted octanol–water partition coefficient (Wildman–Crippen LogP) is 3.13. The summed E-state index contributed by atoms with van der Waals surface area (Å²) in [4.78, 5) is 16.8. The maximum Gasteiger partial charge on any atom is 0.186 e. The van der Waals surface area contributed by atoms with Gasteiger partial charge in [-0.3, -0.25) is 4.79 Å². The molecule has 2 rings (SSSR count). The second-order valence-corrected chi connectivity index (χ2v) is 8.10. The second kappa shape index (κ2) is 7.02. The Hall–Kier alpha value is -2.04. The fourth-order valence-electron chi connectivity index (χ4n) is 2.11. The predicted molar refractivity (Wildman–Crippen MR) is 88.3 cm³/mol. The Morgan fingerprint density at radius 2 is 2.00 bits per heavy atom. The van der Waals surface area contributed by atoms with Gasteiger partial charge >= 0.3 is 0 Å². The summed E-state index contributed by atoms with van der Waals surface area (Å²) in [5.41, 5.74) is 1.07. The Balaban J connectivity index is 2.28. The number of rotatable bonds is 6. The van der Waals surface area contributed by atoms with Crippen LogP contribution in [0.2, 0.25) is 0 Å². The second-order valence-electron chi connectivity index (χ2n) is 5.10. The number of carbonyl (C=O) groups is 1. The number of aromatic nitrogens is 1. The minimum absolute atomic E-state index is 0.0690. The quantitative estimate of drug-likeness (QED) is 0.748. The van der Waals surface area contributed by atoms with E-state index in [1.165, 1.54) is 35.6 Å². The van der Waals surface area contributed by atoms with Crippen molar-refractivity contribution in [2.45, 2.75) is 31.1 Å². The van der Waals surface area contributed by atoms with Crippen molar-refractivity contribution in [2.75, 3.05) is 5.75 Å². The number of ketones is 1. The Kier molecular flexibility index (Phi) is 5.29. The summed E-state index contributed by atoms with van der Waals surface area (Å²) in [7, 11) is -3.31. The first kappa shape index (κ1) is 17.3. The number of carbonyl (C=O) groups excluding carboxylic acids is 1. The highest BCUT2D eigenvalue weighted by atomic mass is 32.2. The lowest BCUT2D eigenvalue weighted by Crippen LogP contribution is -2.12. The van der Waals surface area contributed by atoms with Crippen molar-refractivity contribution in [3.63, 3.8) is 0 Å². The molecule has 0 N–H and O–H groups in total. The number of nitriles is 1. The third kappa shape index (κ3) is 3.84. The van der Waals surface area contributed by atoms with Crippen molar-refractivity contribution in [3.8, 4) is 6.07 Å². The van der Waals surface area contributed by atoms with E-state index < -0.39 is 15.8 Å². The van der Waals surface area contributed by atoms with Crippen LogP contribution in [-0.4, -0.2) is 24.9 Å². The largest absolute Gasteiger partial charge is 0.292 e. The summed E-state index contributed by atoms with van der Waals surface area (Å²) in [6, 6.07) is 7.72. The van der Waals surface area contributed by atoms with Gasteiger partial charge in [-0.15, -0.1) is 11.3 Å². The van der Waals surface area contributed by atoms with Crippen molar-refractivity contribution in [1.82, 2.24) is 4.98 Å². The maximum atomic E-state index is 12.5. The minimum Gasteiger partial charge on any atom is -0.292 e. The summed E-state index contributed by atoms with van der Waals surface area (Å²) in [6.45, 7) is 3.59. The summed E-state index contributed by atoms with van der Waals surface area (Å²) in [5, 5.41) is 11.5. The molecule has 0 aliphatic rings. The molecule has 7 heteroatoms. The van der Waals surface area contributed by atoms with E-state index in [0.717, 1.165) is 5.69 Å². The van der Waals surface area contributed by atoms with Gasteiger partial charge in [0.05, 0.1) is 16.7 Å². The first-order valence-electron chi connectivity index (χ1n) is 7.07. The Bertz CT molecular complexity index is 846. The van der Waals surface area contributed by atoms with Crippen molar-refractivity contribution in [3.05, 3.63) is 45.9 Å². The molecule has 0 fully saturated rings. The highest BCUT2D eigenvalue weighted by Gasteiger charge is 2.25. The van der Waals surface area contributed by atoms with Gasteiger partial charge in [0.15, 0.2) is 21.5 Å². The van der Waals surface area contributed by atoms with Crippen molar-refractivity contribution < 1.29 is 13.2 Å². The molecule has 1 aromatic carbocycles. The molecule has 0 aliphatic carbocycles. The number of nitrogens with zero attached hydrogens (tertiary/aromatic N) is 2. The molecule has 120 valence electrons. The topological polar surface area (TPSA) is 87.9 Å². The first-order valence-corrected chi connectivity index (χ1v) is 9.61. The average Bonchev–Trinajstić information content (AvgIpc) is 2.94. The van der Waals surface area contributed by atoms with Gasteiger partial charge < -0.3 is 0 Å². The Morgan fingerprint density at radius 1 is 1.35 bits per heavy atom. The van der Waals surface area contributed by atoms with E-state index >= 15 is 0 Å². The smallest absolute Gasteiger partial charge is 0.186 e. The molecule has 0 aliphatic heterocycles. The van der Waals surface area contributed by atoms with Crippen LogP contribution in [0.5, 0.6) is 0 Å². The lowest BCUT2D eigenvalue weighted by atomic mass is 9.99. The molecular formula is C16H16N2O3S2. The van der Waals surface area contributed by atoms with Gasteiger partial charge in [0.2, 0.25) is 0 Å². The fraction of sp³-hybridized carbons (Fsp3) is 0.312. The van der Waals surface area contributed by atoms with Crippen molar-refractivity contribution in [2.24, 2.45) is 0 Å². The van der Waals surface area contributed by atoms with Gasteiger partial charge in [0.1, 0.15) is 5.01 Å². The zero-order valence-corrected chi connectivity index (χ0v) is 14.4. The lowest BCUT2D eigenvalue weighted by Gasteiger charge is -2.07. The molecular weight excluding hydrogens is 332 g/mol. The van der Waals surface area contributed by atoms with E-state index in [1.54, 1.807) is 19.2 Å². The number of aryl methyl sites for hydroxylation is 1. The molecule has 0 spiro atoms. The molecule has 1 atom stereocenters. The van der Waals surface area contributed by atoms with E-state index in [2.05, 4.69) is 4.98 Å². The van der Waals surface area contributed by atoms with Gasteiger partial charge in [-0.2, -0.15) is 5.26 Å². The zero-order chi connectivity index (χ0) is 17.0. The molecule has 0 saturated heterocycles. The van der Waals surface area contributed by atoms with Gasteiger partial charge in [-0.25, -0.2) is 13.4 Å². The molecule has 1 unspecified atom stereocenters. The third-order valence-electron chi connectivity index (χ3n) is 3.25. The first-order chi connectivity index (χ1) is 10.9. The molecule has 0 amide bonds. The number of Topliss-reactive ketones (excluding diaryl/α,β-unsaturated/α-hetero) is 1. The highest BCUT2D eigenvalue weighted by molar-refractivity contribution is 7.91. The number of sulfone groups is 1. The van der Waals surface area contributed by atoms with E-state index in [0.29, 0.717) is 17.0 Å². The standard InChI is InChI=1S/C16H16N2O3S2/c1-3-8-23(20,21)13-6-4-12(5-7-13)15(19)14(9-17)16-18-11(2)10-22-16/h4-7,10,14H,3,8H2,1-2H3. The summed E-state index contributed by atoms with van der Waals surface area (Å²) >= 11 is 1.27. The summed E-state index contributed by atoms with van der Waals surface area (Å²) in [6.07, 6.45) is 0.531. The van der Waals surface area contributed by atoms with Gasteiger partial charge in [-0.1, -0.05) is 19.1 Å². The van der Waals surface area contributed by atoms with Gasteiger partial charge in [0, 0.05) is 16.6 Å². The van der Waals surface area contributed by atoms with Crippen LogP contribution < -0.4 is 0 Å². The molecule has 2 aromatic rings. The number of hydrogen-bond acceptors (Lipinski definition) is 6. The average molecular weight is 348 g/mol. The zero-order valence-electron chi connectivity index (χ0n) is 12.8. The van der Waals surface area contributed by atoms with Crippen LogP contribution in [-0.2, 0) is 9.84 Å². The Morgan fingerprint density at radius 3 is 2.48 bits per heavy atom. The van der Waals surface area contributed by atoms with Crippen LogP contribution in [0.1, 0.15) is 40.3 Å². The van der Waals surface area contributed by atoms with E-state index in [9.17, 15) is 18.5 Å². The van der Waals surface area contributed by atoms with Crippen LogP contribution in [0.3, 0.4) is 0 Å². The molecule has 0 bridgehead atoms. The van der Waals surface area contributed by atoms with Gasteiger partial charge in [0.25, 0.3) is 0 Å². The number of benzene rings is 1. The van der Waals surface area contributed by atoms with Crippen LogP contribution in [0, 0.1) is 18.3 Å². The molecule has 0 saturated carbocycles. The van der Waals surface area contributed by atoms with Crippen molar-refractivity contribution >= 4 is 27.0 Å². The van der Waals surface area contributed by atoms with Crippen LogP contribution >= 0.6 is 11.3 Å². The van der Waals surface area contributed by atoms with E-state index in [-0.39, 0.29) is 16.4 Å². The fourth-order valence-corrected chi connectivity index (χ4v) is 4.27. The highest BCUT2D eigenvalue weighted by Crippen LogP contribution is 2.24. The maximum absolute atomic E-state index is 12.5. The molecule has 1 heterocycles. The molecule has 0 radical (unpaired) electrons. The SMILES string of the molecule is CCCS(=O)(=O)c1ccc(C(=O)C(C#N)c2nc(C)cs2)cc1. The van der Waals surface area contributed by atoms with Crippen molar-refractivity contribution in [1.29, 1.82) is 5.26 Å². The van der Waals surface area contributed by atoms with Crippen LogP contribution in [0.25, 0.3) is 0 Å². The number of thiazole rings is 1. The van der Waals surface area contributed by atoms with Crippen LogP contribution in [0.4, 0.5) is 0 Å². The van der Waals surface area contributed by atoms with E-state index in [1.807, 2.05) is 6.07 Å². The normalized spacial score (nSPS) is 12.6. The van der Waals surface area contributed by atoms with Gasteiger partial charge in [-0.05, 0) is 25.5 Å². The summed E-state index contributed by atoms with van der Waals surface area (Å²) in [5.74, 6) is -1.27. The monoisotopic (exact) mass is 348 g/mol. The summed E-state index contributed by atoms with van der Waals surface area (Å²) < 4.78 is 24.0. The van der Waals surface area contributed by atoms with Crippen LogP contribution in [0.15, 0.2) is 34.5 Å². The molecule has 1 aromatic heterocycles. The molecule has 5 nitrogen and oxygen atoms in total. The van der Waals surface area contributed by atoms with E-state index in [4.69, 9.17) is 0 Å². The lowest BCUT2D eigenvalue weighted by molar-refractivity contribution is 0.0978.